The monoisotopic (exact) mass is 580 g/mol. The summed E-state index contributed by atoms with van der Waals surface area (Å²) < 4.78 is 24.3. The van der Waals surface area contributed by atoms with Crippen LogP contribution in [0.4, 0.5) is 10.1 Å². The summed E-state index contributed by atoms with van der Waals surface area (Å²) >= 11 is 2.80. The lowest BCUT2D eigenvalue weighted by molar-refractivity contribution is -0.145. The Balaban J connectivity index is 1.25. The van der Waals surface area contributed by atoms with E-state index < -0.39 is 23.6 Å². The molecule has 3 aromatic rings. The third-order valence-electron chi connectivity index (χ3n) is 8.69. The fraction of sp³-hybridized carbons (Fsp3) is 0.379. The molecule has 0 spiro atoms. The predicted octanol–water partition coefficient (Wildman–Crippen LogP) is 4.20. The first-order valence-corrected chi connectivity index (χ1v) is 15.0. The van der Waals surface area contributed by atoms with Gasteiger partial charge in [0, 0.05) is 16.0 Å². The fourth-order valence-electron chi connectivity index (χ4n) is 7.38. The average molecular weight is 581 g/mol. The Hall–Kier alpha value is -3.44. The van der Waals surface area contributed by atoms with Crippen molar-refractivity contribution in [2.45, 2.75) is 29.5 Å². The number of thiazole rings is 1. The first kappa shape index (κ1) is 25.5. The zero-order chi connectivity index (χ0) is 27.7. The van der Waals surface area contributed by atoms with Crippen LogP contribution in [-0.4, -0.2) is 41.2 Å². The zero-order valence-corrected chi connectivity index (χ0v) is 23.0. The minimum Gasteiger partial charge on any atom is -0.482 e. The number of amides is 2. The van der Waals surface area contributed by atoms with Crippen LogP contribution in [0.5, 0.6) is 5.75 Å². The number of benzene rings is 2. The molecule has 40 heavy (non-hydrogen) atoms. The lowest BCUT2D eigenvalue weighted by atomic mass is 9.68. The molecule has 1 N–H and O–H groups in total. The number of aromatic amines is 1. The maximum atomic E-state index is 13.8. The van der Waals surface area contributed by atoms with E-state index in [9.17, 15) is 23.6 Å². The molecular weight excluding hydrogens is 555 g/mol. The molecule has 2 aromatic carbocycles. The quantitative estimate of drug-likeness (QED) is 0.344. The Bertz CT molecular complexity index is 1590. The number of halogens is 1. The number of anilines is 1. The topological polar surface area (TPSA) is 106 Å². The van der Waals surface area contributed by atoms with Crippen LogP contribution in [-0.2, 0) is 19.1 Å². The lowest BCUT2D eigenvalue weighted by Gasteiger charge is -2.43. The van der Waals surface area contributed by atoms with Gasteiger partial charge in [0.15, 0.2) is 6.61 Å². The smallest absolute Gasteiger partial charge is 0.344 e. The number of H-pyrrole nitrogens is 1. The molecule has 2 amide bonds. The van der Waals surface area contributed by atoms with Gasteiger partial charge < -0.3 is 14.5 Å². The van der Waals surface area contributed by atoms with Gasteiger partial charge in [-0.05, 0) is 73.1 Å². The summed E-state index contributed by atoms with van der Waals surface area (Å²) in [4.78, 5) is 56.8. The van der Waals surface area contributed by atoms with Crippen molar-refractivity contribution in [1.82, 2.24) is 4.98 Å². The standard InChI is InChI=1S/C29H25FN2O6S2/c1-2-37-19(33)12-38-16-5-3-4-13(10-16)20-21-17-11-18(24(21)39-26-25(20)40-29(36)31-26)23-22(17)27(34)32(28(23)35)15-8-6-14(30)7-9-15/h3-10,17-18,20-24H,2,11-12H2,1H3,(H,31,36)/t17?,18?,20-,21?,22?,23?,24?/m1/s1. The molecule has 11 heteroatoms. The number of rotatable bonds is 6. The summed E-state index contributed by atoms with van der Waals surface area (Å²) in [5.74, 6) is -1.90. The number of carbonyl (C=O) groups is 3. The van der Waals surface area contributed by atoms with Crippen LogP contribution in [0, 0.1) is 35.4 Å². The van der Waals surface area contributed by atoms with Crippen molar-refractivity contribution in [2.75, 3.05) is 18.1 Å². The summed E-state index contributed by atoms with van der Waals surface area (Å²) in [5.41, 5.74) is 1.33. The van der Waals surface area contributed by atoms with Gasteiger partial charge in [-0.2, -0.15) is 0 Å². The molecule has 6 unspecified atom stereocenters. The van der Waals surface area contributed by atoms with Crippen LogP contribution in [0.3, 0.4) is 0 Å². The van der Waals surface area contributed by atoms with Crippen molar-refractivity contribution in [1.29, 1.82) is 0 Å². The predicted molar refractivity (Wildman–Crippen MR) is 146 cm³/mol. The van der Waals surface area contributed by atoms with E-state index in [0.29, 0.717) is 11.4 Å². The second kappa shape index (κ2) is 9.59. The van der Waals surface area contributed by atoms with Crippen LogP contribution in [0.2, 0.25) is 0 Å². The lowest BCUT2D eigenvalue weighted by Crippen LogP contribution is -2.42. The van der Waals surface area contributed by atoms with E-state index in [1.165, 1.54) is 40.5 Å². The number of aromatic nitrogens is 1. The van der Waals surface area contributed by atoms with Gasteiger partial charge in [-0.3, -0.25) is 19.3 Å². The summed E-state index contributed by atoms with van der Waals surface area (Å²) in [5, 5.41) is 0.860. The molecule has 2 aliphatic heterocycles. The number of ether oxygens (including phenoxy) is 2. The molecule has 1 saturated heterocycles. The highest BCUT2D eigenvalue weighted by Crippen LogP contribution is 2.68. The number of imide groups is 1. The summed E-state index contributed by atoms with van der Waals surface area (Å²) in [6.45, 7) is 1.79. The van der Waals surface area contributed by atoms with E-state index in [2.05, 4.69) is 4.98 Å². The highest BCUT2D eigenvalue weighted by molar-refractivity contribution is 8.00. The van der Waals surface area contributed by atoms with Gasteiger partial charge >= 0.3 is 10.8 Å². The molecule has 3 fully saturated rings. The van der Waals surface area contributed by atoms with Gasteiger partial charge in [-0.15, -0.1) is 11.8 Å². The zero-order valence-electron chi connectivity index (χ0n) is 21.4. The molecule has 3 heterocycles. The third-order valence-corrected chi connectivity index (χ3v) is 11.3. The molecule has 7 rings (SSSR count). The Morgan fingerprint density at radius 2 is 1.82 bits per heavy atom. The normalized spacial score (nSPS) is 29.8. The Morgan fingerprint density at radius 3 is 2.58 bits per heavy atom. The van der Waals surface area contributed by atoms with Gasteiger partial charge in [-0.25, -0.2) is 9.18 Å². The number of thioether (sulfide) groups is 1. The van der Waals surface area contributed by atoms with Crippen LogP contribution >= 0.6 is 23.1 Å². The fourth-order valence-corrected chi connectivity index (χ4v) is 10.3. The Labute approximate surface area is 236 Å². The minimum absolute atomic E-state index is 0.0193. The number of hydrogen-bond donors (Lipinski definition) is 1. The van der Waals surface area contributed by atoms with Crippen molar-refractivity contribution < 1.29 is 28.2 Å². The molecule has 4 aliphatic rings. The molecule has 2 bridgehead atoms. The van der Waals surface area contributed by atoms with Gasteiger partial charge in [0.25, 0.3) is 0 Å². The minimum atomic E-state index is -0.456. The van der Waals surface area contributed by atoms with Crippen molar-refractivity contribution in [2.24, 2.45) is 29.6 Å². The van der Waals surface area contributed by atoms with Crippen molar-refractivity contribution >= 4 is 46.6 Å². The molecule has 0 radical (unpaired) electrons. The van der Waals surface area contributed by atoms with Gasteiger partial charge in [0.1, 0.15) is 11.6 Å². The van der Waals surface area contributed by atoms with E-state index in [0.717, 1.165) is 21.9 Å². The van der Waals surface area contributed by atoms with Crippen LogP contribution in [0.25, 0.3) is 0 Å². The molecule has 2 aliphatic carbocycles. The molecular formula is C29H25FN2O6S2. The van der Waals surface area contributed by atoms with Crippen LogP contribution in [0.15, 0.2) is 58.4 Å². The summed E-state index contributed by atoms with van der Waals surface area (Å²) in [6, 6.07) is 13.0. The van der Waals surface area contributed by atoms with E-state index in [-0.39, 0.29) is 58.8 Å². The van der Waals surface area contributed by atoms with E-state index in [1.807, 2.05) is 18.2 Å². The summed E-state index contributed by atoms with van der Waals surface area (Å²) in [6.07, 6.45) is 0.765. The van der Waals surface area contributed by atoms with Gasteiger partial charge in [0.2, 0.25) is 11.8 Å². The van der Waals surface area contributed by atoms with Gasteiger partial charge in [0.05, 0.1) is 29.2 Å². The van der Waals surface area contributed by atoms with Crippen molar-refractivity contribution in [3.8, 4) is 5.75 Å². The van der Waals surface area contributed by atoms with E-state index in [1.54, 1.807) is 24.8 Å². The average Bonchev–Trinajstić information content (AvgIpc) is 3.67. The van der Waals surface area contributed by atoms with Crippen LogP contribution < -0.4 is 14.5 Å². The largest absolute Gasteiger partial charge is 0.482 e. The van der Waals surface area contributed by atoms with Gasteiger partial charge in [-0.1, -0.05) is 23.5 Å². The number of fused-ring (bicyclic) bond motifs is 9. The van der Waals surface area contributed by atoms with Crippen LogP contribution in [0.1, 0.15) is 29.7 Å². The second-order valence-corrected chi connectivity index (χ2v) is 12.8. The molecule has 206 valence electrons. The maximum absolute atomic E-state index is 13.8. The summed E-state index contributed by atoms with van der Waals surface area (Å²) in [7, 11) is 0. The Kier molecular flexibility index (Phi) is 6.12. The van der Waals surface area contributed by atoms with Crippen molar-refractivity contribution in [3.63, 3.8) is 0 Å². The molecule has 8 nitrogen and oxygen atoms in total. The maximum Gasteiger partial charge on any atom is 0.344 e. The second-order valence-electron chi connectivity index (χ2n) is 10.6. The third kappa shape index (κ3) is 3.85. The molecule has 7 atom stereocenters. The molecule has 1 aromatic heterocycles. The highest BCUT2D eigenvalue weighted by Gasteiger charge is 2.69. The number of nitrogens with one attached hydrogen (secondary N) is 1. The Morgan fingerprint density at radius 1 is 1.07 bits per heavy atom. The number of hydrogen-bond acceptors (Lipinski definition) is 8. The van der Waals surface area contributed by atoms with E-state index >= 15 is 0 Å². The first-order chi connectivity index (χ1) is 19.4. The van der Waals surface area contributed by atoms with E-state index in [4.69, 9.17) is 9.47 Å². The number of carbonyl (C=O) groups excluding carboxylic acids is 3. The first-order valence-electron chi connectivity index (χ1n) is 13.3. The molecule has 2 saturated carbocycles. The highest BCUT2D eigenvalue weighted by atomic mass is 32.2. The SMILES string of the molecule is CCOC(=O)COc1cccc([C@H]2c3sc(=O)[nH]c3SC3C4CC(C5C(=O)N(c6ccc(F)cc6)C(=O)C45)C32)c1. The van der Waals surface area contributed by atoms with Crippen molar-refractivity contribution in [3.05, 3.63) is 74.5 Å². The number of esters is 1. The number of nitrogens with zero attached hydrogens (tertiary/aromatic N) is 1.